The summed E-state index contributed by atoms with van der Waals surface area (Å²) < 4.78 is 0. The fourth-order valence-electron chi connectivity index (χ4n) is 8.33. The molecule has 28 heteroatoms. The summed E-state index contributed by atoms with van der Waals surface area (Å²) in [6.07, 6.45) is 1.01. The normalized spacial score (nSPS) is 16.4. The minimum atomic E-state index is -1.57. The second-order valence-corrected chi connectivity index (χ2v) is 19.3. The molecule has 1 aliphatic heterocycles. The molecule has 0 saturated carbocycles. The van der Waals surface area contributed by atoms with Crippen molar-refractivity contribution in [2.24, 2.45) is 39.9 Å². The molecular formula is C49H75N13O15. The summed E-state index contributed by atoms with van der Waals surface area (Å²) in [6.45, 7) is 4.95. The molecule has 1 aromatic carbocycles. The zero-order valence-corrected chi connectivity index (χ0v) is 43.7. The lowest BCUT2D eigenvalue weighted by atomic mass is 9.95. The fourth-order valence-corrected chi connectivity index (χ4v) is 8.33. The van der Waals surface area contributed by atoms with Gasteiger partial charge in [0.1, 0.15) is 36.3 Å². The van der Waals surface area contributed by atoms with Crippen LogP contribution < -0.4 is 54.4 Å². The first-order chi connectivity index (χ1) is 36.4. The number of aliphatic carboxylic acids is 3. The quantitative estimate of drug-likeness (QED) is 0.0196. The van der Waals surface area contributed by atoms with Crippen LogP contribution in [-0.4, -0.2) is 177 Å². The molecule has 1 unspecified atom stereocenters. The maximum absolute atomic E-state index is 14.1. The Morgan fingerprint density at radius 2 is 1.39 bits per heavy atom. The van der Waals surface area contributed by atoms with E-state index < -0.39 is 151 Å². The van der Waals surface area contributed by atoms with Crippen molar-refractivity contribution in [3.8, 4) is 0 Å². The maximum atomic E-state index is 14.1. The number of aliphatic hydroxyl groups is 1. The highest BCUT2D eigenvalue weighted by atomic mass is 16.4. The van der Waals surface area contributed by atoms with E-state index in [2.05, 4.69) is 47.2 Å². The van der Waals surface area contributed by atoms with E-state index in [4.69, 9.17) is 22.3 Å². The number of aromatic nitrogens is 1. The van der Waals surface area contributed by atoms with Crippen LogP contribution in [0.1, 0.15) is 91.0 Å². The number of nitrogens with zero attached hydrogens (tertiary/aromatic N) is 2. The van der Waals surface area contributed by atoms with Gasteiger partial charge in [-0.2, -0.15) is 0 Å². The molecule has 77 heavy (non-hydrogen) atoms. The molecule has 0 aliphatic carbocycles. The smallest absolute Gasteiger partial charge is 0.326 e. The first kappa shape index (κ1) is 63.4. The minimum Gasteiger partial charge on any atom is -0.481 e. The van der Waals surface area contributed by atoms with Crippen LogP contribution in [0.25, 0.3) is 10.9 Å². The number of H-pyrrole nitrogens is 1. The van der Waals surface area contributed by atoms with Crippen LogP contribution in [0, 0.1) is 17.8 Å². The Labute approximate surface area is 444 Å². The maximum Gasteiger partial charge on any atom is 0.326 e. The van der Waals surface area contributed by atoms with Crippen LogP contribution in [0.3, 0.4) is 0 Å². The fraction of sp³-hybridized carbons (Fsp3) is 0.592. The van der Waals surface area contributed by atoms with Crippen molar-refractivity contribution >= 4 is 82.0 Å². The summed E-state index contributed by atoms with van der Waals surface area (Å²) in [5.74, 6) is -12.7. The number of aliphatic hydroxyl groups excluding tert-OH is 1. The number of fused-ring (bicyclic) bond motifs is 1. The number of carboxylic acids is 3. The highest BCUT2D eigenvalue weighted by Crippen LogP contribution is 2.21. The predicted molar refractivity (Wildman–Crippen MR) is 277 cm³/mol. The number of piperidine rings is 1. The molecule has 2 heterocycles. The van der Waals surface area contributed by atoms with Gasteiger partial charge < -0.3 is 84.7 Å². The van der Waals surface area contributed by atoms with Crippen molar-refractivity contribution in [3.63, 3.8) is 0 Å². The van der Waals surface area contributed by atoms with Gasteiger partial charge in [-0.15, -0.1) is 0 Å². The lowest BCUT2D eigenvalue weighted by Gasteiger charge is -2.35. The number of hydrogen-bond donors (Lipinski definition) is 15. The number of amides is 8. The lowest BCUT2D eigenvalue weighted by Crippen LogP contribution is -2.59. The van der Waals surface area contributed by atoms with Gasteiger partial charge in [0.25, 0.3) is 0 Å². The van der Waals surface area contributed by atoms with Crippen molar-refractivity contribution in [2.45, 2.75) is 134 Å². The van der Waals surface area contributed by atoms with Gasteiger partial charge in [-0.25, -0.2) is 4.79 Å². The number of hydrogen-bond acceptors (Lipinski definition) is 14. The summed E-state index contributed by atoms with van der Waals surface area (Å²) >= 11 is 0. The molecule has 2 aromatic rings. The van der Waals surface area contributed by atoms with Crippen LogP contribution in [0.2, 0.25) is 0 Å². The van der Waals surface area contributed by atoms with E-state index in [1.807, 2.05) is 0 Å². The molecule has 1 aromatic heterocycles. The van der Waals surface area contributed by atoms with E-state index in [1.165, 1.54) is 4.90 Å². The van der Waals surface area contributed by atoms with Crippen LogP contribution in [0.4, 0.5) is 0 Å². The first-order valence-electron chi connectivity index (χ1n) is 25.4. The number of aromatic amines is 1. The van der Waals surface area contributed by atoms with E-state index >= 15 is 0 Å². The molecule has 0 radical (unpaired) electrons. The third-order valence-corrected chi connectivity index (χ3v) is 13.0. The standard InChI is InChI=1S/C49H75N13O15/c1-5-26(4)40(61-42(70)30(50)14-16-37(65)66)46(74)58-34(20-28-21-54-31-12-7-6-11-29(28)31)43(71)55-22-36(64)60-39(25(2)3)45(73)56-32(15-17-38(67)68)47(75)62-19-9-10-27(23-62)41(69)59-35(24-63)44(72)57-33(48(76)77)13-8-18-53-49(51)52/h6-7,11-12,21,25-27,30,32-35,39-40,54,63H,5,8-10,13-20,22-24,50H2,1-4H3,(H,55,71)(H,56,73)(H,57,72)(H,58,74)(H,59,69)(H,60,64)(H,61,70)(H,65,66)(H,67,68)(H,76,77)(H4,51,52,53)/t26?,27-,30+,32+,33+,34+,35+,39+,40+/m1/s1. The second kappa shape index (κ2) is 31.2. The largest absolute Gasteiger partial charge is 0.481 e. The highest BCUT2D eigenvalue weighted by Gasteiger charge is 2.37. The third-order valence-electron chi connectivity index (χ3n) is 13.0. The monoisotopic (exact) mass is 1090 g/mol. The number of carbonyl (C=O) groups is 11. The van der Waals surface area contributed by atoms with E-state index in [-0.39, 0.29) is 70.5 Å². The zero-order chi connectivity index (χ0) is 57.5. The zero-order valence-electron chi connectivity index (χ0n) is 43.7. The Morgan fingerprint density at radius 1 is 0.753 bits per heavy atom. The van der Waals surface area contributed by atoms with Crippen molar-refractivity contribution in [3.05, 3.63) is 36.0 Å². The van der Waals surface area contributed by atoms with E-state index in [0.29, 0.717) is 12.0 Å². The summed E-state index contributed by atoms with van der Waals surface area (Å²) in [7, 11) is 0. The van der Waals surface area contributed by atoms with Crippen LogP contribution in [0.5, 0.6) is 0 Å². The SMILES string of the molecule is CCC(C)[C@H](NC(=O)[C@@H](N)CCC(=O)O)C(=O)N[C@@H](Cc1c[nH]c2ccccc12)C(=O)NCC(=O)N[C@H](C(=O)N[C@@H](CCC(=O)O)C(=O)N1CCC[C@@H](C(=O)N[C@@H](CO)C(=O)N[C@@H](CCCN=C(N)N)C(=O)O)C1)C(C)C. The van der Waals surface area contributed by atoms with E-state index in [9.17, 15) is 68.1 Å². The Morgan fingerprint density at radius 3 is 2.01 bits per heavy atom. The molecule has 28 nitrogen and oxygen atoms in total. The second-order valence-electron chi connectivity index (χ2n) is 19.3. The number of likely N-dealkylation sites (tertiary alicyclic amines) is 1. The van der Waals surface area contributed by atoms with Gasteiger partial charge in [-0.1, -0.05) is 52.3 Å². The number of para-hydroxylation sites is 1. The molecule has 18 N–H and O–H groups in total. The van der Waals surface area contributed by atoms with Gasteiger partial charge in [0.15, 0.2) is 5.96 Å². The number of aliphatic imine (C=N–C) groups is 1. The first-order valence-corrected chi connectivity index (χ1v) is 25.4. The molecule has 426 valence electrons. The Balaban J connectivity index is 1.74. The van der Waals surface area contributed by atoms with Crippen molar-refractivity contribution in [2.75, 3.05) is 32.8 Å². The summed E-state index contributed by atoms with van der Waals surface area (Å²) in [5.41, 5.74) is 17.9. The molecule has 0 bridgehead atoms. The minimum absolute atomic E-state index is 0.0777. The molecular weight excluding hydrogens is 1010 g/mol. The van der Waals surface area contributed by atoms with E-state index in [0.717, 1.165) is 10.9 Å². The topological polar surface area (TPSA) is 462 Å². The van der Waals surface area contributed by atoms with Gasteiger partial charge in [0.05, 0.1) is 25.1 Å². The predicted octanol–water partition coefficient (Wildman–Crippen LogP) is -3.14. The molecule has 1 aliphatic rings. The highest BCUT2D eigenvalue weighted by molar-refractivity contribution is 5.97. The summed E-state index contributed by atoms with van der Waals surface area (Å²) in [6, 6.07) is -2.38. The number of carboxylic acid groups (broad SMARTS) is 3. The summed E-state index contributed by atoms with van der Waals surface area (Å²) in [4.78, 5) is 152. The molecule has 3 rings (SSSR count). The van der Waals surface area contributed by atoms with Crippen molar-refractivity contribution in [1.29, 1.82) is 0 Å². The van der Waals surface area contributed by atoms with Gasteiger partial charge in [-0.05, 0) is 62.0 Å². The van der Waals surface area contributed by atoms with Gasteiger partial charge in [-0.3, -0.25) is 52.9 Å². The average molecular weight is 1090 g/mol. The van der Waals surface area contributed by atoms with Crippen molar-refractivity contribution in [1.82, 2.24) is 47.1 Å². The molecule has 9 atom stereocenters. The van der Waals surface area contributed by atoms with Gasteiger partial charge in [0.2, 0.25) is 47.3 Å². The Bertz CT molecular complexity index is 2440. The summed E-state index contributed by atoms with van der Waals surface area (Å²) in [5, 5.41) is 56.4. The lowest BCUT2D eigenvalue weighted by molar-refractivity contribution is -0.143. The van der Waals surface area contributed by atoms with Gasteiger partial charge >= 0.3 is 17.9 Å². The van der Waals surface area contributed by atoms with E-state index in [1.54, 1.807) is 58.2 Å². The number of benzene rings is 1. The number of nitrogens with one attached hydrogen (secondary N) is 8. The number of rotatable bonds is 32. The molecule has 1 fully saturated rings. The van der Waals surface area contributed by atoms with Crippen LogP contribution >= 0.6 is 0 Å². The molecule has 0 spiro atoms. The van der Waals surface area contributed by atoms with Crippen LogP contribution in [0.15, 0.2) is 35.5 Å². The third kappa shape index (κ3) is 20.6. The molecule has 1 saturated heterocycles. The Hall–Kier alpha value is -7.88. The average Bonchev–Trinajstić information content (AvgIpc) is 3.80. The van der Waals surface area contributed by atoms with Crippen molar-refractivity contribution < 1.29 is 73.2 Å². The molecule has 8 amide bonds. The number of carbonyl (C=O) groups excluding carboxylic acids is 8. The Kier molecular flexibility index (Phi) is 25.7. The van der Waals surface area contributed by atoms with Crippen LogP contribution in [-0.2, 0) is 59.2 Å². The number of nitrogens with two attached hydrogens (primary N) is 3. The van der Waals surface area contributed by atoms with Gasteiger partial charge in [0, 0.05) is 56.0 Å². The number of guanidine groups is 1.